The Hall–Kier alpha value is -0.980. The Bertz CT molecular complexity index is 562. The normalized spacial score (nSPS) is 24.9. The molecule has 0 saturated carbocycles. The van der Waals surface area contributed by atoms with Gasteiger partial charge >= 0.3 is 0 Å². The molecule has 0 radical (unpaired) electrons. The largest absolute Gasteiger partial charge is 0.311 e. The third kappa shape index (κ3) is 4.54. The van der Waals surface area contributed by atoms with Gasteiger partial charge in [-0.2, -0.15) is 0 Å². The summed E-state index contributed by atoms with van der Waals surface area (Å²) >= 11 is 0. The number of nitrogens with one attached hydrogen (secondary N) is 2. The van der Waals surface area contributed by atoms with Gasteiger partial charge in [0.05, 0.1) is 11.5 Å². The Morgan fingerprint density at radius 1 is 1.35 bits per heavy atom. The van der Waals surface area contributed by atoms with Gasteiger partial charge in [0.2, 0.25) is 0 Å². The smallest absolute Gasteiger partial charge is 0.152 e. The molecule has 0 aliphatic carbocycles. The van der Waals surface area contributed by atoms with Gasteiger partial charge in [0, 0.05) is 25.2 Å². The maximum Gasteiger partial charge on any atom is 0.152 e. The first kappa shape index (κ1) is 15.4. The van der Waals surface area contributed by atoms with E-state index in [4.69, 9.17) is 0 Å². The maximum absolute atomic E-state index is 13.0. The summed E-state index contributed by atoms with van der Waals surface area (Å²) in [5.74, 6) is 0.253. The molecule has 1 aromatic rings. The van der Waals surface area contributed by atoms with Crippen LogP contribution in [0.5, 0.6) is 0 Å². The van der Waals surface area contributed by atoms with Gasteiger partial charge in [-0.05, 0) is 31.0 Å². The van der Waals surface area contributed by atoms with Crippen molar-refractivity contribution in [3.63, 3.8) is 0 Å². The molecule has 2 N–H and O–H groups in total. The zero-order chi connectivity index (χ0) is 14.6. The Morgan fingerprint density at radius 2 is 2.15 bits per heavy atom. The molecular weight excluding hydrogens is 279 g/mol. The van der Waals surface area contributed by atoms with Crippen LogP contribution in [0.4, 0.5) is 4.39 Å². The van der Waals surface area contributed by atoms with Crippen LogP contribution >= 0.6 is 0 Å². The molecule has 2 rings (SSSR count). The third-order valence-corrected chi connectivity index (χ3v) is 5.48. The van der Waals surface area contributed by atoms with Gasteiger partial charge in [-0.25, -0.2) is 12.8 Å². The molecule has 0 spiro atoms. The number of hydrogen-bond donors (Lipinski definition) is 2. The van der Waals surface area contributed by atoms with Crippen molar-refractivity contribution in [1.82, 2.24) is 10.6 Å². The van der Waals surface area contributed by atoms with E-state index < -0.39 is 9.84 Å². The van der Waals surface area contributed by atoms with Crippen molar-refractivity contribution in [2.75, 3.05) is 24.6 Å². The minimum atomic E-state index is -2.87. The predicted octanol–water partition coefficient (Wildman–Crippen LogP) is 1.08. The molecule has 0 unspecified atom stereocenters. The molecule has 1 aliphatic rings. The minimum Gasteiger partial charge on any atom is -0.311 e. The summed E-state index contributed by atoms with van der Waals surface area (Å²) < 4.78 is 35.9. The SMILES string of the molecule is C[C@@]1(NCCNCc2cccc(F)c2)CCS(=O)(=O)C1. The summed E-state index contributed by atoms with van der Waals surface area (Å²) in [6, 6.07) is 6.49. The molecule has 1 fully saturated rings. The highest BCUT2D eigenvalue weighted by Gasteiger charge is 2.37. The summed E-state index contributed by atoms with van der Waals surface area (Å²) in [6.45, 7) is 3.96. The van der Waals surface area contributed by atoms with E-state index in [-0.39, 0.29) is 22.9 Å². The van der Waals surface area contributed by atoms with Crippen LogP contribution in [0.15, 0.2) is 24.3 Å². The highest BCUT2D eigenvalue weighted by molar-refractivity contribution is 7.91. The number of rotatable bonds is 6. The van der Waals surface area contributed by atoms with Crippen LogP contribution in [0.2, 0.25) is 0 Å². The topological polar surface area (TPSA) is 58.2 Å². The molecule has 0 aromatic heterocycles. The second-order valence-corrected chi connectivity index (χ2v) is 7.82. The third-order valence-electron chi connectivity index (χ3n) is 3.58. The lowest BCUT2D eigenvalue weighted by molar-refractivity contribution is 0.395. The van der Waals surface area contributed by atoms with E-state index in [0.717, 1.165) is 5.56 Å². The molecule has 1 heterocycles. The lowest BCUT2D eigenvalue weighted by Crippen LogP contribution is -2.46. The molecule has 1 aliphatic heterocycles. The molecule has 20 heavy (non-hydrogen) atoms. The van der Waals surface area contributed by atoms with Crippen molar-refractivity contribution in [2.24, 2.45) is 0 Å². The Balaban J connectivity index is 1.67. The van der Waals surface area contributed by atoms with Gasteiger partial charge in [-0.15, -0.1) is 0 Å². The van der Waals surface area contributed by atoms with Crippen molar-refractivity contribution in [3.05, 3.63) is 35.6 Å². The highest BCUT2D eigenvalue weighted by Crippen LogP contribution is 2.22. The average molecular weight is 300 g/mol. The van der Waals surface area contributed by atoms with Crippen molar-refractivity contribution in [2.45, 2.75) is 25.4 Å². The molecule has 4 nitrogen and oxygen atoms in total. The standard InChI is InChI=1S/C14H21FN2O2S/c1-14(5-8-20(18,19)11-14)17-7-6-16-10-12-3-2-4-13(15)9-12/h2-4,9,16-17H,5-8,10-11H2,1H3/t14-/m1/s1. The van der Waals surface area contributed by atoms with E-state index >= 15 is 0 Å². The molecule has 1 aromatic carbocycles. The molecule has 0 amide bonds. The van der Waals surface area contributed by atoms with Crippen LogP contribution in [-0.4, -0.2) is 38.6 Å². The summed E-state index contributed by atoms with van der Waals surface area (Å²) in [4.78, 5) is 0. The van der Waals surface area contributed by atoms with E-state index in [1.54, 1.807) is 6.07 Å². The second kappa shape index (κ2) is 6.20. The maximum atomic E-state index is 13.0. The first-order valence-corrected chi connectivity index (χ1v) is 8.61. The molecule has 1 saturated heterocycles. The summed E-state index contributed by atoms with van der Waals surface area (Å²) in [5.41, 5.74) is 0.596. The summed E-state index contributed by atoms with van der Waals surface area (Å²) in [5, 5.41) is 6.51. The molecule has 1 atom stereocenters. The molecule has 0 bridgehead atoms. The van der Waals surface area contributed by atoms with Crippen LogP contribution < -0.4 is 10.6 Å². The fraction of sp³-hybridized carbons (Fsp3) is 0.571. The number of benzene rings is 1. The van der Waals surface area contributed by atoms with Crippen molar-refractivity contribution in [1.29, 1.82) is 0 Å². The quantitative estimate of drug-likeness (QED) is 0.772. The van der Waals surface area contributed by atoms with Crippen LogP contribution in [0.3, 0.4) is 0 Å². The Labute approximate surface area is 119 Å². The first-order chi connectivity index (χ1) is 9.39. The van der Waals surface area contributed by atoms with E-state index in [2.05, 4.69) is 10.6 Å². The monoisotopic (exact) mass is 300 g/mol. The van der Waals surface area contributed by atoms with E-state index in [0.29, 0.717) is 26.1 Å². The zero-order valence-corrected chi connectivity index (χ0v) is 12.5. The van der Waals surface area contributed by atoms with Gasteiger partial charge in [0.25, 0.3) is 0 Å². The fourth-order valence-electron chi connectivity index (χ4n) is 2.48. The van der Waals surface area contributed by atoms with Crippen LogP contribution in [0.1, 0.15) is 18.9 Å². The van der Waals surface area contributed by atoms with Crippen LogP contribution in [0, 0.1) is 5.82 Å². The van der Waals surface area contributed by atoms with Crippen molar-refractivity contribution in [3.8, 4) is 0 Å². The van der Waals surface area contributed by atoms with Crippen LogP contribution in [-0.2, 0) is 16.4 Å². The van der Waals surface area contributed by atoms with E-state index in [9.17, 15) is 12.8 Å². The van der Waals surface area contributed by atoms with Gasteiger partial charge in [-0.1, -0.05) is 12.1 Å². The van der Waals surface area contributed by atoms with Gasteiger partial charge in [-0.3, -0.25) is 0 Å². The average Bonchev–Trinajstić information content (AvgIpc) is 2.63. The van der Waals surface area contributed by atoms with Crippen molar-refractivity contribution >= 4 is 9.84 Å². The minimum absolute atomic E-state index is 0.212. The number of halogens is 1. The number of hydrogen-bond acceptors (Lipinski definition) is 4. The van der Waals surface area contributed by atoms with E-state index in [1.165, 1.54) is 12.1 Å². The lowest BCUT2D eigenvalue weighted by Gasteiger charge is -2.24. The van der Waals surface area contributed by atoms with E-state index in [1.807, 2.05) is 13.0 Å². The molecular formula is C14H21FN2O2S. The lowest BCUT2D eigenvalue weighted by atomic mass is 10.0. The highest BCUT2D eigenvalue weighted by atomic mass is 32.2. The van der Waals surface area contributed by atoms with Gasteiger partial charge in [0.15, 0.2) is 9.84 Å². The zero-order valence-electron chi connectivity index (χ0n) is 11.7. The van der Waals surface area contributed by atoms with Gasteiger partial charge < -0.3 is 10.6 Å². The van der Waals surface area contributed by atoms with Gasteiger partial charge in [0.1, 0.15) is 5.82 Å². The van der Waals surface area contributed by atoms with Crippen molar-refractivity contribution < 1.29 is 12.8 Å². The molecule has 6 heteroatoms. The Kier molecular flexibility index (Phi) is 4.78. The van der Waals surface area contributed by atoms with Crippen LogP contribution in [0.25, 0.3) is 0 Å². The summed E-state index contributed by atoms with van der Waals surface area (Å²) in [7, 11) is -2.87. The molecule has 112 valence electrons. The predicted molar refractivity (Wildman–Crippen MR) is 77.8 cm³/mol. The summed E-state index contributed by atoms with van der Waals surface area (Å²) in [6.07, 6.45) is 0.666. The Morgan fingerprint density at radius 3 is 2.80 bits per heavy atom. The first-order valence-electron chi connectivity index (χ1n) is 6.79. The fourth-order valence-corrected chi connectivity index (χ4v) is 4.61. The second-order valence-electron chi connectivity index (χ2n) is 5.64. The number of sulfone groups is 1.